The van der Waals surface area contributed by atoms with Crippen LogP contribution in [-0.2, 0) is 11.2 Å². The third kappa shape index (κ3) is 3.18. The lowest BCUT2D eigenvalue weighted by molar-refractivity contribution is -0.115. The van der Waals surface area contributed by atoms with Crippen molar-refractivity contribution in [3.8, 4) is 17.3 Å². The fraction of sp³-hybridized carbons (Fsp3) is 0.0870. The summed E-state index contributed by atoms with van der Waals surface area (Å²) in [6, 6.07) is 14.6. The Morgan fingerprint density at radius 2 is 1.97 bits per heavy atom. The van der Waals surface area contributed by atoms with E-state index in [-0.39, 0.29) is 17.5 Å². The van der Waals surface area contributed by atoms with E-state index in [9.17, 15) is 9.59 Å². The van der Waals surface area contributed by atoms with E-state index in [1.807, 2.05) is 22.6 Å². The van der Waals surface area contributed by atoms with Crippen molar-refractivity contribution in [2.24, 2.45) is 0 Å². The Bertz CT molecular complexity index is 1400. The van der Waals surface area contributed by atoms with E-state index in [0.29, 0.717) is 23.3 Å². The second kappa shape index (κ2) is 7.07. The predicted molar refractivity (Wildman–Crippen MR) is 115 cm³/mol. The largest absolute Gasteiger partial charge is 0.326 e. The summed E-state index contributed by atoms with van der Waals surface area (Å²) in [7, 11) is 1.66. The molecule has 150 valence electrons. The number of anilines is 2. The maximum absolute atomic E-state index is 13.0. The molecule has 0 aliphatic carbocycles. The van der Waals surface area contributed by atoms with Crippen LogP contribution in [0.15, 0.2) is 61.1 Å². The van der Waals surface area contributed by atoms with Crippen LogP contribution in [0.5, 0.6) is 0 Å². The van der Waals surface area contributed by atoms with Crippen LogP contribution in [0.3, 0.4) is 0 Å². The zero-order valence-electron chi connectivity index (χ0n) is 16.5. The molecule has 1 aliphatic heterocycles. The third-order valence-electron chi connectivity index (χ3n) is 5.33. The highest BCUT2D eigenvalue weighted by Gasteiger charge is 2.20. The first-order valence-corrected chi connectivity index (χ1v) is 9.58. The summed E-state index contributed by atoms with van der Waals surface area (Å²) in [5.41, 5.74) is 5.51. The van der Waals surface area contributed by atoms with E-state index < -0.39 is 0 Å². The Balaban J connectivity index is 1.50. The summed E-state index contributed by atoms with van der Waals surface area (Å²) in [6.07, 6.45) is 5.29. The number of carbonyl (C=O) groups excluding carboxylic acids is 2. The highest BCUT2D eigenvalue weighted by molar-refractivity contribution is 6.04. The summed E-state index contributed by atoms with van der Waals surface area (Å²) in [5, 5.41) is 11.8. The van der Waals surface area contributed by atoms with Crippen LogP contribution in [0, 0.1) is 11.3 Å². The van der Waals surface area contributed by atoms with Crippen molar-refractivity contribution in [1.82, 2.24) is 14.4 Å². The van der Waals surface area contributed by atoms with Crippen molar-refractivity contribution < 1.29 is 9.59 Å². The van der Waals surface area contributed by atoms with E-state index in [2.05, 4.69) is 21.4 Å². The number of benzene rings is 2. The molecular formula is C23H16N6O2. The van der Waals surface area contributed by atoms with Crippen LogP contribution in [0.2, 0.25) is 0 Å². The molecular weight excluding hydrogens is 392 g/mol. The molecule has 0 spiro atoms. The zero-order chi connectivity index (χ0) is 21.5. The quantitative estimate of drug-likeness (QED) is 0.561. The van der Waals surface area contributed by atoms with Gasteiger partial charge in [-0.25, -0.2) is 9.97 Å². The minimum Gasteiger partial charge on any atom is -0.326 e. The summed E-state index contributed by atoms with van der Waals surface area (Å²) in [4.78, 5) is 34.8. The summed E-state index contributed by atoms with van der Waals surface area (Å²) in [6.45, 7) is 0. The molecule has 8 nitrogen and oxygen atoms in total. The van der Waals surface area contributed by atoms with Crippen LogP contribution >= 0.6 is 0 Å². The van der Waals surface area contributed by atoms with Gasteiger partial charge in [-0.05, 0) is 42.0 Å². The van der Waals surface area contributed by atoms with Crippen molar-refractivity contribution in [2.45, 2.75) is 6.42 Å². The predicted octanol–water partition coefficient (Wildman–Crippen LogP) is 3.04. The SMILES string of the molecule is CN(C(=O)c1cn2c(-c3ccc4c(c3)CC(=O)N4)cnc2cn1)c1ccc(C#N)cc1. The molecule has 0 saturated heterocycles. The van der Waals surface area contributed by atoms with E-state index >= 15 is 0 Å². The van der Waals surface area contributed by atoms with Crippen molar-refractivity contribution >= 4 is 28.8 Å². The minimum absolute atomic E-state index is 0.0202. The monoisotopic (exact) mass is 408 g/mol. The van der Waals surface area contributed by atoms with Gasteiger partial charge in [0.15, 0.2) is 5.65 Å². The average Bonchev–Trinajstić information content (AvgIpc) is 3.39. The van der Waals surface area contributed by atoms with Gasteiger partial charge in [0.2, 0.25) is 5.91 Å². The number of fused-ring (bicyclic) bond motifs is 2. The molecule has 3 heterocycles. The lowest BCUT2D eigenvalue weighted by Crippen LogP contribution is -2.27. The molecule has 8 heteroatoms. The molecule has 1 N–H and O–H groups in total. The maximum Gasteiger partial charge on any atom is 0.278 e. The Labute approximate surface area is 177 Å². The molecule has 1 aliphatic rings. The lowest BCUT2D eigenvalue weighted by Gasteiger charge is -2.17. The third-order valence-corrected chi connectivity index (χ3v) is 5.33. The number of nitrogens with one attached hydrogen (secondary N) is 1. The van der Waals surface area contributed by atoms with E-state index in [1.54, 1.807) is 49.9 Å². The molecule has 5 rings (SSSR count). The van der Waals surface area contributed by atoms with Gasteiger partial charge >= 0.3 is 0 Å². The highest BCUT2D eigenvalue weighted by atomic mass is 16.2. The smallest absolute Gasteiger partial charge is 0.278 e. The van der Waals surface area contributed by atoms with Gasteiger partial charge in [-0.3, -0.25) is 14.0 Å². The zero-order valence-corrected chi connectivity index (χ0v) is 16.5. The van der Waals surface area contributed by atoms with Gasteiger partial charge in [0, 0.05) is 30.2 Å². The van der Waals surface area contributed by atoms with Crippen LogP contribution in [-0.4, -0.2) is 33.2 Å². The maximum atomic E-state index is 13.0. The Morgan fingerprint density at radius 3 is 2.74 bits per heavy atom. The summed E-state index contributed by atoms with van der Waals surface area (Å²) in [5.74, 6) is -0.303. The van der Waals surface area contributed by atoms with E-state index in [4.69, 9.17) is 5.26 Å². The van der Waals surface area contributed by atoms with Gasteiger partial charge in [0.1, 0.15) is 5.69 Å². The summed E-state index contributed by atoms with van der Waals surface area (Å²) < 4.78 is 1.82. The Morgan fingerprint density at radius 1 is 1.16 bits per heavy atom. The fourth-order valence-electron chi connectivity index (χ4n) is 3.65. The number of rotatable bonds is 3. The molecule has 4 aromatic rings. The molecule has 0 fully saturated rings. The number of aromatic nitrogens is 3. The molecule has 0 unspecified atom stereocenters. The second-order valence-corrected chi connectivity index (χ2v) is 7.26. The Hall–Kier alpha value is -4.51. The van der Waals surface area contributed by atoms with Gasteiger partial charge in [-0.1, -0.05) is 6.07 Å². The molecule has 0 atom stereocenters. The van der Waals surface area contributed by atoms with Crippen LogP contribution < -0.4 is 10.2 Å². The minimum atomic E-state index is -0.282. The molecule has 0 bridgehead atoms. The van der Waals surface area contributed by atoms with Crippen molar-refractivity contribution in [3.63, 3.8) is 0 Å². The number of hydrogen-bond donors (Lipinski definition) is 1. The van der Waals surface area contributed by atoms with E-state index in [0.717, 1.165) is 22.5 Å². The molecule has 31 heavy (non-hydrogen) atoms. The Kier molecular flexibility index (Phi) is 4.22. The normalized spacial score (nSPS) is 12.3. The van der Waals surface area contributed by atoms with Gasteiger partial charge in [-0.2, -0.15) is 5.26 Å². The molecule has 2 aromatic carbocycles. The number of nitriles is 1. The first kappa shape index (κ1) is 18.5. The first-order chi connectivity index (χ1) is 15.0. The summed E-state index contributed by atoms with van der Waals surface area (Å²) >= 11 is 0. The number of amides is 2. The topological polar surface area (TPSA) is 103 Å². The number of carbonyl (C=O) groups is 2. The number of nitrogens with zero attached hydrogens (tertiary/aromatic N) is 5. The molecule has 2 aromatic heterocycles. The van der Waals surface area contributed by atoms with Gasteiger partial charge in [-0.15, -0.1) is 0 Å². The van der Waals surface area contributed by atoms with Crippen LogP contribution in [0.25, 0.3) is 16.9 Å². The standard InChI is InChI=1S/C23H16N6O2/c1-28(17-5-2-14(10-24)3-6-17)23(31)19-13-29-20(11-26-21(29)12-25-19)15-4-7-18-16(8-15)9-22(30)27-18/h2-8,11-13H,9H2,1H3,(H,27,30). The molecule has 2 amide bonds. The fourth-order valence-corrected chi connectivity index (χ4v) is 3.65. The van der Waals surface area contributed by atoms with Crippen LogP contribution in [0.1, 0.15) is 21.6 Å². The van der Waals surface area contributed by atoms with Crippen LogP contribution in [0.4, 0.5) is 11.4 Å². The lowest BCUT2D eigenvalue weighted by atomic mass is 10.1. The highest BCUT2D eigenvalue weighted by Crippen LogP contribution is 2.29. The average molecular weight is 408 g/mol. The second-order valence-electron chi connectivity index (χ2n) is 7.26. The van der Waals surface area contributed by atoms with Gasteiger partial charge in [0.25, 0.3) is 5.91 Å². The van der Waals surface area contributed by atoms with Crippen molar-refractivity contribution in [2.75, 3.05) is 17.3 Å². The first-order valence-electron chi connectivity index (χ1n) is 9.58. The number of hydrogen-bond acceptors (Lipinski definition) is 5. The molecule has 0 saturated carbocycles. The molecule has 0 radical (unpaired) electrons. The van der Waals surface area contributed by atoms with E-state index in [1.165, 1.54) is 4.90 Å². The van der Waals surface area contributed by atoms with Gasteiger partial charge in [0.05, 0.1) is 36.1 Å². The number of imidazole rings is 1. The van der Waals surface area contributed by atoms with Crippen molar-refractivity contribution in [3.05, 3.63) is 77.9 Å². The van der Waals surface area contributed by atoms with Crippen molar-refractivity contribution in [1.29, 1.82) is 5.26 Å². The van der Waals surface area contributed by atoms with Gasteiger partial charge < -0.3 is 10.2 Å².